The fourth-order valence-electron chi connectivity index (χ4n) is 2.64. The maximum Gasteiger partial charge on any atom is 0.261 e. The number of hydrogen-bond acceptors (Lipinski definition) is 2. The lowest BCUT2D eigenvalue weighted by Gasteiger charge is -2.26. The maximum absolute atomic E-state index is 12.0. The Labute approximate surface area is 121 Å². The molecule has 1 aliphatic carbocycles. The van der Waals surface area contributed by atoms with E-state index in [0.717, 1.165) is 26.7 Å². The van der Waals surface area contributed by atoms with E-state index in [0.29, 0.717) is 5.92 Å². The molecule has 4 heteroatoms. The molecule has 100 valence electrons. The molecule has 1 N–H and O–H groups in total. The third-order valence-electron chi connectivity index (χ3n) is 3.68. The molecule has 0 aromatic carbocycles. The Kier molecular flexibility index (Phi) is 4.84. The van der Waals surface area contributed by atoms with Gasteiger partial charge in [-0.05, 0) is 59.2 Å². The van der Waals surface area contributed by atoms with Gasteiger partial charge in [0.15, 0.2) is 0 Å². The van der Waals surface area contributed by atoms with E-state index in [2.05, 4.69) is 28.2 Å². The van der Waals surface area contributed by atoms with Gasteiger partial charge < -0.3 is 5.32 Å². The zero-order valence-corrected chi connectivity index (χ0v) is 13.4. The average molecular weight is 330 g/mol. The molecule has 2 unspecified atom stereocenters. The van der Waals surface area contributed by atoms with E-state index in [1.807, 2.05) is 13.0 Å². The van der Waals surface area contributed by atoms with Crippen LogP contribution < -0.4 is 5.32 Å². The van der Waals surface area contributed by atoms with Gasteiger partial charge in [0, 0.05) is 6.54 Å². The van der Waals surface area contributed by atoms with Gasteiger partial charge in [-0.1, -0.05) is 19.8 Å². The zero-order valence-electron chi connectivity index (χ0n) is 11.0. The van der Waals surface area contributed by atoms with Crippen LogP contribution in [-0.2, 0) is 0 Å². The van der Waals surface area contributed by atoms with Crippen molar-refractivity contribution in [1.29, 1.82) is 0 Å². The first-order valence-corrected chi connectivity index (χ1v) is 8.21. The molecule has 1 aromatic rings. The maximum atomic E-state index is 12.0. The molecule has 2 rings (SSSR count). The number of nitrogens with one attached hydrogen (secondary N) is 1. The Hall–Kier alpha value is -0.350. The second kappa shape index (κ2) is 6.20. The standard InChI is InChI=1S/C14H20BrNOS/c1-9-4-3-5-11(6-9)8-16-14(17)12-7-10(2)13(15)18-12/h7,9,11H,3-6,8H2,1-2H3,(H,16,17). The number of hydrogen-bond donors (Lipinski definition) is 1. The molecule has 0 spiro atoms. The van der Waals surface area contributed by atoms with Crippen LogP contribution in [0.25, 0.3) is 0 Å². The molecule has 1 saturated carbocycles. The Balaban J connectivity index is 1.84. The number of halogens is 1. The topological polar surface area (TPSA) is 29.1 Å². The van der Waals surface area contributed by atoms with Crippen molar-refractivity contribution in [2.45, 2.75) is 39.5 Å². The van der Waals surface area contributed by atoms with E-state index in [-0.39, 0.29) is 5.91 Å². The van der Waals surface area contributed by atoms with E-state index in [9.17, 15) is 4.79 Å². The first-order valence-electron chi connectivity index (χ1n) is 6.60. The molecule has 1 aromatic heterocycles. The average Bonchev–Trinajstić information content (AvgIpc) is 2.67. The van der Waals surface area contributed by atoms with E-state index in [4.69, 9.17) is 0 Å². The van der Waals surface area contributed by atoms with Gasteiger partial charge in [0.2, 0.25) is 0 Å². The van der Waals surface area contributed by atoms with Crippen LogP contribution in [0, 0.1) is 18.8 Å². The van der Waals surface area contributed by atoms with Crippen LogP contribution in [0.1, 0.15) is 47.8 Å². The summed E-state index contributed by atoms with van der Waals surface area (Å²) in [6.07, 6.45) is 5.18. The first-order chi connectivity index (χ1) is 8.56. The molecular formula is C14H20BrNOS. The van der Waals surface area contributed by atoms with Gasteiger partial charge in [0.05, 0.1) is 8.66 Å². The molecule has 2 atom stereocenters. The highest BCUT2D eigenvalue weighted by molar-refractivity contribution is 9.11. The van der Waals surface area contributed by atoms with Crippen molar-refractivity contribution in [3.05, 3.63) is 20.3 Å². The highest BCUT2D eigenvalue weighted by atomic mass is 79.9. The lowest BCUT2D eigenvalue weighted by molar-refractivity contribution is 0.0944. The van der Waals surface area contributed by atoms with Gasteiger partial charge in [-0.25, -0.2) is 0 Å². The summed E-state index contributed by atoms with van der Waals surface area (Å²) in [5, 5.41) is 3.08. The number of amides is 1. The van der Waals surface area contributed by atoms with Crippen molar-refractivity contribution in [3.8, 4) is 0 Å². The van der Waals surface area contributed by atoms with E-state index >= 15 is 0 Å². The Bertz CT molecular complexity index is 410. The first kappa shape index (κ1) is 14.1. The lowest BCUT2D eigenvalue weighted by atomic mass is 9.82. The molecule has 0 saturated heterocycles. The van der Waals surface area contributed by atoms with Crippen molar-refractivity contribution in [2.24, 2.45) is 11.8 Å². The van der Waals surface area contributed by atoms with Gasteiger partial charge >= 0.3 is 0 Å². The summed E-state index contributed by atoms with van der Waals surface area (Å²) in [4.78, 5) is 12.8. The van der Waals surface area contributed by atoms with E-state index in [1.165, 1.54) is 37.0 Å². The molecule has 1 aliphatic rings. The normalized spacial score (nSPS) is 23.9. The molecule has 1 fully saturated rings. The van der Waals surface area contributed by atoms with Crippen LogP contribution >= 0.6 is 27.3 Å². The van der Waals surface area contributed by atoms with Crippen LogP contribution in [0.15, 0.2) is 9.85 Å². The molecule has 18 heavy (non-hydrogen) atoms. The van der Waals surface area contributed by atoms with Gasteiger partial charge in [-0.15, -0.1) is 11.3 Å². The zero-order chi connectivity index (χ0) is 13.1. The van der Waals surface area contributed by atoms with Crippen molar-refractivity contribution in [1.82, 2.24) is 5.32 Å². The summed E-state index contributed by atoms with van der Waals surface area (Å²) >= 11 is 4.97. The van der Waals surface area contributed by atoms with Gasteiger partial charge in [0.1, 0.15) is 0 Å². The molecule has 1 amide bonds. The van der Waals surface area contributed by atoms with Gasteiger partial charge in [-0.3, -0.25) is 4.79 Å². The molecule has 1 heterocycles. The summed E-state index contributed by atoms with van der Waals surface area (Å²) in [5.74, 6) is 1.56. The van der Waals surface area contributed by atoms with Gasteiger partial charge in [-0.2, -0.15) is 0 Å². The summed E-state index contributed by atoms with van der Waals surface area (Å²) in [6.45, 7) is 5.16. The fraction of sp³-hybridized carbons (Fsp3) is 0.643. The summed E-state index contributed by atoms with van der Waals surface area (Å²) in [7, 11) is 0. The van der Waals surface area contributed by atoms with Gasteiger partial charge in [0.25, 0.3) is 5.91 Å². The van der Waals surface area contributed by atoms with Crippen molar-refractivity contribution in [2.75, 3.05) is 6.54 Å². The minimum Gasteiger partial charge on any atom is -0.351 e. The fourth-order valence-corrected chi connectivity index (χ4v) is 4.09. The number of aryl methyl sites for hydroxylation is 1. The SMILES string of the molecule is Cc1cc(C(=O)NCC2CCCC(C)C2)sc1Br. The number of thiophene rings is 1. The summed E-state index contributed by atoms with van der Waals surface area (Å²) < 4.78 is 1.05. The van der Waals surface area contributed by atoms with Crippen LogP contribution in [0.4, 0.5) is 0 Å². The predicted molar refractivity (Wildman–Crippen MR) is 80.2 cm³/mol. The van der Waals surface area contributed by atoms with Crippen molar-refractivity contribution < 1.29 is 4.79 Å². The van der Waals surface area contributed by atoms with Crippen molar-refractivity contribution >= 4 is 33.2 Å². The predicted octanol–water partition coefficient (Wildman–Crippen LogP) is 4.38. The highest BCUT2D eigenvalue weighted by Crippen LogP contribution is 2.29. The molecular weight excluding hydrogens is 310 g/mol. The summed E-state index contributed by atoms with van der Waals surface area (Å²) in [5.41, 5.74) is 1.14. The van der Waals surface area contributed by atoms with Crippen molar-refractivity contribution in [3.63, 3.8) is 0 Å². The highest BCUT2D eigenvalue weighted by Gasteiger charge is 2.20. The molecule has 2 nitrogen and oxygen atoms in total. The third kappa shape index (κ3) is 3.58. The molecule has 0 aliphatic heterocycles. The number of rotatable bonds is 3. The number of carbonyl (C=O) groups excluding carboxylic acids is 1. The second-order valence-corrected chi connectivity index (χ2v) is 7.79. The monoisotopic (exact) mass is 329 g/mol. The lowest BCUT2D eigenvalue weighted by Crippen LogP contribution is -2.31. The van der Waals surface area contributed by atoms with E-state index < -0.39 is 0 Å². The Morgan fingerprint density at radius 1 is 1.56 bits per heavy atom. The third-order valence-corrected chi connectivity index (χ3v) is 5.81. The smallest absolute Gasteiger partial charge is 0.261 e. The molecule has 0 radical (unpaired) electrons. The largest absolute Gasteiger partial charge is 0.351 e. The summed E-state index contributed by atoms with van der Waals surface area (Å²) in [6, 6.07) is 1.95. The quantitative estimate of drug-likeness (QED) is 0.876. The second-order valence-electron chi connectivity index (χ2n) is 5.42. The number of carbonyl (C=O) groups is 1. The van der Waals surface area contributed by atoms with Crippen LogP contribution in [0.3, 0.4) is 0 Å². The van der Waals surface area contributed by atoms with Crippen LogP contribution in [-0.4, -0.2) is 12.5 Å². The minimum absolute atomic E-state index is 0.0760. The molecule has 0 bridgehead atoms. The Morgan fingerprint density at radius 3 is 2.94 bits per heavy atom. The minimum atomic E-state index is 0.0760. The Morgan fingerprint density at radius 2 is 2.33 bits per heavy atom. The van der Waals surface area contributed by atoms with E-state index in [1.54, 1.807) is 0 Å². The van der Waals surface area contributed by atoms with Crippen LogP contribution in [0.2, 0.25) is 0 Å². The van der Waals surface area contributed by atoms with Crippen LogP contribution in [0.5, 0.6) is 0 Å².